The number of hydrogen-bond acceptors (Lipinski definition) is 3. The molecular formula is C12H13ClO4. The number of aliphatic carboxylic acids is 1. The fraction of sp³-hybridized carbons (Fsp3) is 0.333. The molecule has 0 spiro atoms. The van der Waals surface area contributed by atoms with Crippen LogP contribution in [0.3, 0.4) is 0 Å². The van der Waals surface area contributed by atoms with Crippen LogP contribution in [0.25, 0.3) is 0 Å². The van der Waals surface area contributed by atoms with Crippen molar-refractivity contribution >= 4 is 23.4 Å². The van der Waals surface area contributed by atoms with Gasteiger partial charge in [0.05, 0.1) is 12.1 Å². The lowest BCUT2D eigenvalue weighted by Crippen LogP contribution is -2.23. The lowest BCUT2D eigenvalue weighted by Gasteiger charge is -2.10. The second-order valence-electron chi connectivity index (χ2n) is 3.51. The molecule has 0 aliphatic heterocycles. The number of halogens is 1. The molecule has 0 radical (unpaired) electrons. The van der Waals surface area contributed by atoms with Crippen LogP contribution in [0.15, 0.2) is 18.2 Å². The lowest BCUT2D eigenvalue weighted by atomic mass is 9.95. The zero-order valence-electron chi connectivity index (χ0n) is 9.57. The molecule has 0 heterocycles. The van der Waals surface area contributed by atoms with E-state index < -0.39 is 17.7 Å². The van der Waals surface area contributed by atoms with Gasteiger partial charge in [-0.1, -0.05) is 18.5 Å². The molecule has 4 nitrogen and oxygen atoms in total. The van der Waals surface area contributed by atoms with Gasteiger partial charge in [-0.2, -0.15) is 0 Å². The molecule has 17 heavy (non-hydrogen) atoms. The van der Waals surface area contributed by atoms with E-state index in [1.165, 1.54) is 19.2 Å². The molecule has 0 aliphatic rings. The summed E-state index contributed by atoms with van der Waals surface area (Å²) in [6, 6.07) is 4.55. The average Bonchev–Trinajstić information content (AvgIpc) is 2.28. The molecule has 0 saturated carbocycles. The smallest absolute Gasteiger partial charge is 0.314 e. The summed E-state index contributed by atoms with van der Waals surface area (Å²) >= 11 is 5.91. The molecule has 5 heteroatoms. The normalized spacial score (nSPS) is 11.9. The Labute approximate surface area is 104 Å². The first kappa shape index (κ1) is 13.5. The summed E-state index contributed by atoms with van der Waals surface area (Å²) in [5.41, 5.74) is 0.210. The van der Waals surface area contributed by atoms with Crippen LogP contribution in [0.2, 0.25) is 5.02 Å². The van der Waals surface area contributed by atoms with Crippen LogP contribution in [0, 0.1) is 5.92 Å². The topological polar surface area (TPSA) is 63.6 Å². The maximum Gasteiger partial charge on any atom is 0.314 e. The largest absolute Gasteiger partial charge is 0.497 e. The Morgan fingerprint density at radius 2 is 2.12 bits per heavy atom. The van der Waals surface area contributed by atoms with E-state index in [0.717, 1.165) is 0 Å². The van der Waals surface area contributed by atoms with Crippen molar-refractivity contribution in [3.8, 4) is 5.75 Å². The summed E-state index contributed by atoms with van der Waals surface area (Å²) in [5.74, 6) is -2.15. The van der Waals surface area contributed by atoms with Crippen molar-refractivity contribution < 1.29 is 19.4 Å². The predicted octanol–water partition coefficient (Wildman–Crippen LogP) is 2.64. The average molecular weight is 257 g/mol. The van der Waals surface area contributed by atoms with Crippen molar-refractivity contribution in [1.29, 1.82) is 0 Å². The molecule has 92 valence electrons. The van der Waals surface area contributed by atoms with E-state index >= 15 is 0 Å². The monoisotopic (exact) mass is 256 g/mol. The molecule has 1 aromatic carbocycles. The van der Waals surface area contributed by atoms with Crippen molar-refractivity contribution in [2.24, 2.45) is 5.92 Å². The second kappa shape index (κ2) is 5.68. The van der Waals surface area contributed by atoms with E-state index in [4.69, 9.17) is 21.4 Å². The molecule has 0 saturated heterocycles. The number of benzene rings is 1. The molecule has 0 bridgehead atoms. The van der Waals surface area contributed by atoms with Crippen molar-refractivity contribution in [3.63, 3.8) is 0 Å². The SMILES string of the molecule is CCC(C(=O)O)C(=O)c1ccc(OC)cc1Cl. The van der Waals surface area contributed by atoms with Gasteiger partial charge in [-0.3, -0.25) is 9.59 Å². The number of carbonyl (C=O) groups is 2. The third kappa shape index (κ3) is 2.97. The molecule has 0 fully saturated rings. The summed E-state index contributed by atoms with van der Waals surface area (Å²) in [4.78, 5) is 22.8. The summed E-state index contributed by atoms with van der Waals surface area (Å²) in [5, 5.41) is 9.11. The van der Waals surface area contributed by atoms with Crippen molar-refractivity contribution in [1.82, 2.24) is 0 Å². The van der Waals surface area contributed by atoms with E-state index in [9.17, 15) is 9.59 Å². The lowest BCUT2D eigenvalue weighted by molar-refractivity contribution is -0.140. The van der Waals surface area contributed by atoms with Crippen LogP contribution in [-0.2, 0) is 4.79 Å². The minimum Gasteiger partial charge on any atom is -0.497 e. The number of carboxylic acid groups (broad SMARTS) is 1. The Balaban J connectivity index is 3.08. The molecule has 1 aromatic rings. The zero-order valence-corrected chi connectivity index (χ0v) is 10.3. The number of ketones is 1. The first-order chi connectivity index (χ1) is 8.01. The van der Waals surface area contributed by atoms with E-state index in [1.807, 2.05) is 0 Å². The summed E-state index contributed by atoms with van der Waals surface area (Å²) in [6.45, 7) is 1.65. The summed E-state index contributed by atoms with van der Waals surface area (Å²) < 4.78 is 4.95. The summed E-state index contributed by atoms with van der Waals surface area (Å²) in [7, 11) is 1.49. The molecule has 1 unspecified atom stereocenters. The van der Waals surface area contributed by atoms with Gasteiger partial charge in [0.25, 0.3) is 0 Å². The number of hydrogen-bond donors (Lipinski definition) is 1. The van der Waals surface area contributed by atoms with Gasteiger partial charge in [0.2, 0.25) is 0 Å². The Morgan fingerprint density at radius 1 is 1.47 bits per heavy atom. The van der Waals surface area contributed by atoms with Gasteiger partial charge >= 0.3 is 5.97 Å². The van der Waals surface area contributed by atoms with Gasteiger partial charge in [-0.25, -0.2) is 0 Å². The van der Waals surface area contributed by atoms with E-state index in [-0.39, 0.29) is 17.0 Å². The number of ether oxygens (including phenoxy) is 1. The van der Waals surface area contributed by atoms with Gasteiger partial charge in [0, 0.05) is 5.56 Å². The molecule has 1 atom stereocenters. The molecule has 0 aliphatic carbocycles. The molecule has 0 aromatic heterocycles. The number of methoxy groups -OCH3 is 1. The number of Topliss-reactive ketones (excluding diaryl/α,β-unsaturated/α-hetero) is 1. The van der Waals surface area contributed by atoms with Crippen LogP contribution >= 0.6 is 11.6 Å². The molecular weight excluding hydrogens is 244 g/mol. The van der Waals surface area contributed by atoms with Crippen LogP contribution in [0.5, 0.6) is 5.75 Å². The van der Waals surface area contributed by atoms with Crippen LogP contribution in [0.1, 0.15) is 23.7 Å². The molecule has 1 N–H and O–H groups in total. The highest BCUT2D eigenvalue weighted by Gasteiger charge is 2.26. The fourth-order valence-electron chi connectivity index (χ4n) is 1.48. The predicted molar refractivity (Wildman–Crippen MR) is 63.8 cm³/mol. The Morgan fingerprint density at radius 3 is 2.53 bits per heavy atom. The maximum atomic E-state index is 11.9. The van der Waals surface area contributed by atoms with Gasteiger partial charge in [-0.15, -0.1) is 0 Å². The standard InChI is InChI=1S/C12H13ClO4/c1-3-8(12(15)16)11(14)9-5-4-7(17-2)6-10(9)13/h4-6,8H,3H2,1-2H3,(H,15,16). The fourth-order valence-corrected chi connectivity index (χ4v) is 1.75. The second-order valence-corrected chi connectivity index (χ2v) is 3.92. The van der Waals surface area contributed by atoms with Gasteiger partial charge in [0.1, 0.15) is 11.7 Å². The maximum absolute atomic E-state index is 11.9. The number of carboxylic acids is 1. The van der Waals surface area contributed by atoms with Crippen LogP contribution in [0.4, 0.5) is 0 Å². The highest BCUT2D eigenvalue weighted by molar-refractivity contribution is 6.34. The Hall–Kier alpha value is -1.55. The summed E-state index contributed by atoms with van der Waals surface area (Å²) in [6.07, 6.45) is 0.233. The third-order valence-corrected chi connectivity index (χ3v) is 2.78. The molecule has 0 amide bonds. The molecule has 1 rings (SSSR count). The van der Waals surface area contributed by atoms with E-state index in [1.54, 1.807) is 13.0 Å². The van der Waals surface area contributed by atoms with Crippen molar-refractivity contribution in [2.45, 2.75) is 13.3 Å². The first-order valence-corrected chi connectivity index (χ1v) is 5.49. The van der Waals surface area contributed by atoms with Gasteiger partial charge in [-0.05, 0) is 24.6 Å². The van der Waals surface area contributed by atoms with Gasteiger partial charge in [0.15, 0.2) is 5.78 Å². The minimum atomic E-state index is -1.13. The first-order valence-electron chi connectivity index (χ1n) is 5.11. The number of carbonyl (C=O) groups excluding carboxylic acids is 1. The Kier molecular flexibility index (Phi) is 4.52. The van der Waals surface area contributed by atoms with Crippen molar-refractivity contribution in [3.05, 3.63) is 28.8 Å². The quantitative estimate of drug-likeness (QED) is 0.650. The highest BCUT2D eigenvalue weighted by atomic mass is 35.5. The third-order valence-electron chi connectivity index (χ3n) is 2.46. The highest BCUT2D eigenvalue weighted by Crippen LogP contribution is 2.25. The van der Waals surface area contributed by atoms with E-state index in [0.29, 0.717) is 5.75 Å². The van der Waals surface area contributed by atoms with Gasteiger partial charge < -0.3 is 9.84 Å². The zero-order chi connectivity index (χ0) is 13.0. The minimum absolute atomic E-state index is 0.203. The van der Waals surface area contributed by atoms with E-state index in [2.05, 4.69) is 0 Å². The van der Waals surface area contributed by atoms with Crippen LogP contribution in [-0.4, -0.2) is 24.0 Å². The Bertz CT molecular complexity index is 442. The van der Waals surface area contributed by atoms with Crippen LogP contribution < -0.4 is 4.74 Å². The van der Waals surface area contributed by atoms with Crippen molar-refractivity contribution in [2.75, 3.05) is 7.11 Å². The number of rotatable bonds is 5.